The summed E-state index contributed by atoms with van der Waals surface area (Å²) in [4.78, 5) is 31.4. The first-order valence-corrected chi connectivity index (χ1v) is 16.1. The van der Waals surface area contributed by atoms with Crippen molar-refractivity contribution in [2.45, 2.75) is 43.9 Å². The minimum atomic E-state index is -1.08. The van der Waals surface area contributed by atoms with Crippen LogP contribution < -0.4 is 9.64 Å². The number of amides is 1. The number of carbonyl (C=O) groups is 1. The highest BCUT2D eigenvalue weighted by Crippen LogP contribution is 2.37. The van der Waals surface area contributed by atoms with E-state index in [-0.39, 0.29) is 40.1 Å². The van der Waals surface area contributed by atoms with Crippen molar-refractivity contribution in [2.75, 3.05) is 58.5 Å². The average Bonchev–Trinajstić information content (AvgIpc) is 3.69. The molecule has 254 valence electrons. The minimum absolute atomic E-state index is 0.0678. The molecule has 3 fully saturated rings. The van der Waals surface area contributed by atoms with Crippen LogP contribution in [0.5, 0.6) is 6.01 Å². The Kier molecular flexibility index (Phi) is 10.1. The van der Waals surface area contributed by atoms with Crippen LogP contribution in [0, 0.1) is 17.5 Å². The van der Waals surface area contributed by atoms with E-state index in [0.717, 1.165) is 19.0 Å². The van der Waals surface area contributed by atoms with E-state index in [9.17, 15) is 18.0 Å². The monoisotopic (exact) mass is 666 g/mol. The van der Waals surface area contributed by atoms with Gasteiger partial charge in [0.1, 0.15) is 23.2 Å². The van der Waals surface area contributed by atoms with Crippen molar-refractivity contribution in [3.8, 4) is 17.3 Å². The molecule has 2 aromatic heterocycles. The number of methoxy groups -OCH3 is 2. The van der Waals surface area contributed by atoms with Gasteiger partial charge in [-0.1, -0.05) is 30.8 Å². The molecule has 1 amide bonds. The number of alkyl halides is 1. The summed E-state index contributed by atoms with van der Waals surface area (Å²) in [5.41, 5.74) is -0.156. The van der Waals surface area contributed by atoms with E-state index in [0.29, 0.717) is 61.8 Å². The predicted octanol–water partition coefficient (Wildman–Crippen LogP) is 5.70. The molecular formula is C35H38F4N6O3. The number of hydrogen-bond donors (Lipinski definition) is 0. The van der Waals surface area contributed by atoms with E-state index in [1.165, 1.54) is 44.4 Å². The molecule has 3 aliphatic rings. The Morgan fingerprint density at radius 3 is 2.65 bits per heavy atom. The Hall–Kier alpha value is -4.36. The summed E-state index contributed by atoms with van der Waals surface area (Å²) in [6.45, 7) is 7.09. The minimum Gasteiger partial charge on any atom is -0.467 e. The second kappa shape index (κ2) is 14.4. The van der Waals surface area contributed by atoms with E-state index < -0.39 is 23.6 Å². The van der Waals surface area contributed by atoms with E-state index >= 15 is 4.39 Å². The molecule has 4 aromatic rings. The smallest absolute Gasteiger partial charge is 0.318 e. The molecule has 0 aliphatic carbocycles. The molecule has 0 N–H and O–H groups in total. The number of piperazine rings is 1. The largest absolute Gasteiger partial charge is 0.467 e. The van der Waals surface area contributed by atoms with Gasteiger partial charge in [0.25, 0.3) is 0 Å². The maximum Gasteiger partial charge on any atom is 0.318 e. The highest BCUT2D eigenvalue weighted by Gasteiger charge is 2.35. The normalized spacial score (nSPS) is 20.9. The Bertz CT molecular complexity index is 1810. The van der Waals surface area contributed by atoms with Gasteiger partial charge in [0.15, 0.2) is 17.5 Å². The number of ether oxygens (including phenoxy) is 2. The van der Waals surface area contributed by atoms with Crippen LogP contribution in [0.25, 0.3) is 32.9 Å². The highest BCUT2D eigenvalue weighted by molar-refractivity contribution is 5.99. The SMILES string of the molecule is C=CC(=O)N1CCN(c2nc(OC)nc3c(F)c(-c4cccc5ccc(F)c(F)c45)ncc23)CC1CCOC.FC1CC2CCCN2C1. The fraction of sp³-hybridized carbons (Fsp3) is 0.429. The predicted molar refractivity (Wildman–Crippen MR) is 175 cm³/mol. The molecule has 9 nitrogen and oxygen atoms in total. The number of aromatic nitrogens is 3. The summed E-state index contributed by atoms with van der Waals surface area (Å²) in [6, 6.07) is 7.51. The van der Waals surface area contributed by atoms with Crippen molar-refractivity contribution in [2.24, 2.45) is 0 Å². The topological polar surface area (TPSA) is 83.9 Å². The van der Waals surface area contributed by atoms with Crippen molar-refractivity contribution in [3.63, 3.8) is 0 Å². The number of pyridine rings is 1. The second-order valence-corrected chi connectivity index (χ2v) is 12.2. The van der Waals surface area contributed by atoms with E-state index in [1.807, 2.05) is 4.90 Å². The molecule has 3 aliphatic heterocycles. The zero-order valence-electron chi connectivity index (χ0n) is 27.0. The van der Waals surface area contributed by atoms with Gasteiger partial charge in [0, 0.05) is 63.1 Å². The van der Waals surface area contributed by atoms with Crippen molar-refractivity contribution in [1.82, 2.24) is 24.8 Å². The first kappa shape index (κ1) is 33.5. The van der Waals surface area contributed by atoms with Crippen LogP contribution in [-0.2, 0) is 9.53 Å². The van der Waals surface area contributed by atoms with Gasteiger partial charge in [-0.15, -0.1) is 0 Å². The van der Waals surface area contributed by atoms with Gasteiger partial charge < -0.3 is 19.3 Å². The molecule has 0 bridgehead atoms. The van der Waals surface area contributed by atoms with Gasteiger partial charge >= 0.3 is 6.01 Å². The van der Waals surface area contributed by atoms with Gasteiger partial charge in [-0.3, -0.25) is 14.7 Å². The highest BCUT2D eigenvalue weighted by atomic mass is 19.2. The molecule has 0 saturated carbocycles. The number of carbonyl (C=O) groups excluding carboxylic acids is 1. The zero-order chi connectivity index (χ0) is 33.9. The fourth-order valence-corrected chi connectivity index (χ4v) is 7.03. The van der Waals surface area contributed by atoms with Gasteiger partial charge in [0.05, 0.1) is 18.5 Å². The average molecular weight is 667 g/mol. The third kappa shape index (κ3) is 6.53. The summed E-state index contributed by atoms with van der Waals surface area (Å²) >= 11 is 0. The van der Waals surface area contributed by atoms with Crippen LogP contribution in [-0.4, -0.2) is 102 Å². The van der Waals surface area contributed by atoms with Crippen molar-refractivity contribution in [3.05, 3.63) is 66.6 Å². The fourth-order valence-electron chi connectivity index (χ4n) is 7.03. The first-order valence-electron chi connectivity index (χ1n) is 16.1. The number of nitrogens with zero attached hydrogens (tertiary/aromatic N) is 6. The Morgan fingerprint density at radius 2 is 1.90 bits per heavy atom. The van der Waals surface area contributed by atoms with E-state index in [1.54, 1.807) is 24.1 Å². The van der Waals surface area contributed by atoms with Crippen LogP contribution in [0.2, 0.25) is 0 Å². The van der Waals surface area contributed by atoms with Crippen molar-refractivity contribution < 1.29 is 31.8 Å². The number of anilines is 1. The molecule has 48 heavy (non-hydrogen) atoms. The summed E-state index contributed by atoms with van der Waals surface area (Å²) in [7, 11) is 2.96. The van der Waals surface area contributed by atoms with Crippen LogP contribution >= 0.6 is 0 Å². The number of benzene rings is 2. The molecule has 3 unspecified atom stereocenters. The molecule has 13 heteroatoms. The molecule has 0 radical (unpaired) electrons. The molecule has 2 aromatic carbocycles. The number of fused-ring (bicyclic) bond motifs is 3. The third-order valence-electron chi connectivity index (χ3n) is 9.37. The number of halogens is 4. The van der Waals surface area contributed by atoms with Gasteiger partial charge in [-0.05, 0) is 49.8 Å². The lowest BCUT2D eigenvalue weighted by atomic mass is 10.00. The standard InChI is InChI=1S/C28H26F3N5O3.C7H12FN/c1-4-21(37)36-12-11-35(15-17(36)10-13-38-2)27-19-14-32-25(24(31)26(19)33-28(34-27)39-3)18-7-5-6-16-8-9-20(29)23(30)22(16)18;8-6-4-7-2-1-3-9(7)5-6/h4-9,14,17H,1,10-13,15H2,2-3H3;6-7H,1-5H2. The zero-order valence-corrected chi connectivity index (χ0v) is 27.0. The molecule has 3 atom stereocenters. The Labute approximate surface area is 276 Å². The summed E-state index contributed by atoms with van der Waals surface area (Å²) in [6.07, 6.45) is 6.09. The summed E-state index contributed by atoms with van der Waals surface area (Å²) in [5, 5.41) is 0.647. The van der Waals surface area contributed by atoms with Gasteiger partial charge in [0.2, 0.25) is 5.91 Å². The lowest BCUT2D eigenvalue weighted by Crippen LogP contribution is -2.55. The molecule has 3 saturated heterocycles. The Morgan fingerprint density at radius 1 is 1.06 bits per heavy atom. The first-order chi connectivity index (χ1) is 23.2. The lowest BCUT2D eigenvalue weighted by molar-refractivity contribution is -0.129. The van der Waals surface area contributed by atoms with E-state index in [2.05, 4.69) is 26.4 Å². The van der Waals surface area contributed by atoms with Crippen LogP contribution in [0.4, 0.5) is 23.4 Å². The summed E-state index contributed by atoms with van der Waals surface area (Å²) < 4.78 is 68.2. The molecule has 7 rings (SSSR count). The molecule has 5 heterocycles. The third-order valence-corrected chi connectivity index (χ3v) is 9.37. The maximum atomic E-state index is 16.1. The van der Waals surface area contributed by atoms with Crippen LogP contribution in [0.3, 0.4) is 0 Å². The van der Waals surface area contributed by atoms with Gasteiger partial charge in [-0.25, -0.2) is 17.6 Å². The Balaban J connectivity index is 0.000000381. The van der Waals surface area contributed by atoms with Crippen molar-refractivity contribution >= 4 is 33.4 Å². The summed E-state index contributed by atoms with van der Waals surface area (Å²) in [5.74, 6) is -2.74. The molecule has 0 spiro atoms. The van der Waals surface area contributed by atoms with E-state index in [4.69, 9.17) is 9.47 Å². The van der Waals surface area contributed by atoms with Gasteiger partial charge in [-0.2, -0.15) is 9.97 Å². The quantitative estimate of drug-likeness (QED) is 0.184. The maximum absolute atomic E-state index is 16.1. The van der Waals surface area contributed by atoms with Crippen LogP contribution in [0.1, 0.15) is 25.7 Å². The van der Waals surface area contributed by atoms with Crippen molar-refractivity contribution in [1.29, 1.82) is 0 Å². The number of hydrogen-bond acceptors (Lipinski definition) is 8. The lowest BCUT2D eigenvalue weighted by Gasteiger charge is -2.41. The number of rotatable bonds is 7. The van der Waals surface area contributed by atoms with Crippen LogP contribution in [0.15, 0.2) is 49.2 Å². The molecular weight excluding hydrogens is 628 g/mol. The second-order valence-electron chi connectivity index (χ2n) is 12.2.